The van der Waals surface area contributed by atoms with Crippen LogP contribution in [0.1, 0.15) is 13.8 Å². The minimum absolute atomic E-state index is 0.204. The van der Waals surface area contributed by atoms with Crippen molar-refractivity contribution in [1.29, 1.82) is 0 Å². The lowest BCUT2D eigenvalue weighted by molar-refractivity contribution is 0.243. The SMILES string of the molecule is CC(C)Oc1ccc2c(ccn2CCn2ccnc2)c1. The lowest BCUT2D eigenvalue weighted by Gasteiger charge is -2.10. The molecule has 20 heavy (non-hydrogen) atoms. The van der Waals surface area contributed by atoms with E-state index in [1.54, 1.807) is 0 Å². The quantitative estimate of drug-likeness (QED) is 0.711. The van der Waals surface area contributed by atoms with Gasteiger partial charge in [-0.1, -0.05) is 0 Å². The molecule has 4 heteroatoms. The smallest absolute Gasteiger partial charge is 0.120 e. The number of fused-ring (bicyclic) bond motifs is 1. The highest BCUT2D eigenvalue weighted by molar-refractivity contribution is 5.81. The van der Waals surface area contributed by atoms with Gasteiger partial charge in [0.1, 0.15) is 5.75 Å². The van der Waals surface area contributed by atoms with Crippen LogP contribution in [0, 0.1) is 0 Å². The zero-order valence-electron chi connectivity index (χ0n) is 11.9. The predicted molar refractivity (Wildman–Crippen MR) is 79.9 cm³/mol. The standard InChI is InChI=1S/C16H19N3O/c1-13(2)20-15-3-4-16-14(11-15)5-7-19(16)10-9-18-8-6-17-12-18/h3-8,11-13H,9-10H2,1-2H3. The summed E-state index contributed by atoms with van der Waals surface area (Å²) < 4.78 is 10.1. The van der Waals surface area contributed by atoms with Gasteiger partial charge in [-0.2, -0.15) is 0 Å². The first kappa shape index (κ1) is 12.8. The summed E-state index contributed by atoms with van der Waals surface area (Å²) in [5.74, 6) is 0.930. The van der Waals surface area contributed by atoms with Gasteiger partial charge in [-0.3, -0.25) is 0 Å². The van der Waals surface area contributed by atoms with Crippen molar-refractivity contribution in [3.05, 3.63) is 49.2 Å². The lowest BCUT2D eigenvalue weighted by Crippen LogP contribution is -2.06. The number of hydrogen-bond donors (Lipinski definition) is 0. The van der Waals surface area contributed by atoms with Gasteiger partial charge in [0.2, 0.25) is 0 Å². The summed E-state index contributed by atoms with van der Waals surface area (Å²) in [6.45, 7) is 5.94. The average molecular weight is 269 g/mol. The molecule has 4 nitrogen and oxygen atoms in total. The molecular formula is C16H19N3O. The normalized spacial score (nSPS) is 11.3. The van der Waals surface area contributed by atoms with E-state index < -0.39 is 0 Å². The second kappa shape index (κ2) is 5.41. The number of imidazole rings is 1. The highest BCUT2D eigenvalue weighted by Crippen LogP contribution is 2.22. The Balaban J connectivity index is 1.79. The summed E-state index contributed by atoms with van der Waals surface area (Å²) in [6.07, 6.45) is 7.97. The number of ether oxygens (including phenoxy) is 1. The molecule has 104 valence electrons. The molecule has 0 N–H and O–H groups in total. The largest absolute Gasteiger partial charge is 0.491 e. The molecule has 0 bridgehead atoms. The molecule has 0 aliphatic carbocycles. The van der Waals surface area contributed by atoms with Crippen LogP contribution in [0.25, 0.3) is 10.9 Å². The van der Waals surface area contributed by atoms with Gasteiger partial charge in [0.15, 0.2) is 0 Å². The van der Waals surface area contributed by atoms with Crippen LogP contribution < -0.4 is 4.74 Å². The molecule has 0 saturated heterocycles. The Hall–Kier alpha value is -2.23. The zero-order chi connectivity index (χ0) is 13.9. The minimum Gasteiger partial charge on any atom is -0.491 e. The molecule has 0 aliphatic heterocycles. The van der Waals surface area contributed by atoms with E-state index in [2.05, 4.69) is 38.5 Å². The molecule has 3 rings (SSSR count). The molecule has 0 atom stereocenters. The number of benzene rings is 1. The van der Waals surface area contributed by atoms with Gasteiger partial charge >= 0.3 is 0 Å². The molecule has 0 aliphatic rings. The molecule has 0 amide bonds. The molecule has 0 radical (unpaired) electrons. The molecule has 0 saturated carbocycles. The first-order chi connectivity index (χ1) is 9.72. The van der Waals surface area contributed by atoms with Crippen LogP contribution in [0.15, 0.2) is 49.2 Å². The van der Waals surface area contributed by atoms with Crippen molar-refractivity contribution in [3.8, 4) is 5.75 Å². The lowest BCUT2D eigenvalue weighted by atomic mass is 10.2. The number of nitrogens with zero attached hydrogens (tertiary/aromatic N) is 3. The van der Waals surface area contributed by atoms with Crippen molar-refractivity contribution in [2.75, 3.05) is 0 Å². The van der Waals surface area contributed by atoms with E-state index >= 15 is 0 Å². The van der Waals surface area contributed by atoms with Gasteiger partial charge in [0.05, 0.1) is 12.4 Å². The van der Waals surface area contributed by atoms with Crippen molar-refractivity contribution < 1.29 is 4.74 Å². The maximum Gasteiger partial charge on any atom is 0.120 e. The molecule has 0 spiro atoms. The Morgan fingerprint density at radius 1 is 1.15 bits per heavy atom. The predicted octanol–water partition coefficient (Wildman–Crippen LogP) is 3.33. The Bertz CT molecular complexity index is 683. The van der Waals surface area contributed by atoms with Crippen LogP contribution >= 0.6 is 0 Å². The maximum atomic E-state index is 5.73. The molecule has 0 unspecified atom stereocenters. The van der Waals surface area contributed by atoms with Crippen LogP contribution in [0.5, 0.6) is 5.75 Å². The van der Waals surface area contributed by atoms with E-state index in [4.69, 9.17) is 4.74 Å². The minimum atomic E-state index is 0.204. The number of aromatic nitrogens is 3. The molecule has 2 heterocycles. The van der Waals surface area contributed by atoms with E-state index in [-0.39, 0.29) is 6.10 Å². The van der Waals surface area contributed by atoms with E-state index in [0.29, 0.717) is 0 Å². The Morgan fingerprint density at radius 2 is 2.05 bits per heavy atom. The Kier molecular flexibility index (Phi) is 3.46. The molecule has 2 aromatic heterocycles. The number of hydrogen-bond acceptors (Lipinski definition) is 2. The van der Waals surface area contributed by atoms with Crippen LogP contribution in [-0.2, 0) is 13.1 Å². The van der Waals surface area contributed by atoms with Crippen LogP contribution in [0.3, 0.4) is 0 Å². The van der Waals surface area contributed by atoms with Gasteiger partial charge < -0.3 is 13.9 Å². The first-order valence-electron chi connectivity index (χ1n) is 6.93. The fourth-order valence-corrected chi connectivity index (χ4v) is 2.36. The van der Waals surface area contributed by atoms with E-state index in [9.17, 15) is 0 Å². The van der Waals surface area contributed by atoms with Gasteiger partial charge in [0.25, 0.3) is 0 Å². The fourth-order valence-electron chi connectivity index (χ4n) is 2.36. The zero-order valence-corrected chi connectivity index (χ0v) is 11.9. The van der Waals surface area contributed by atoms with E-state index in [1.807, 2.05) is 38.6 Å². The van der Waals surface area contributed by atoms with E-state index in [0.717, 1.165) is 18.8 Å². The Labute approximate surface area is 118 Å². The third kappa shape index (κ3) is 2.69. The third-order valence-electron chi connectivity index (χ3n) is 3.27. The summed E-state index contributed by atoms with van der Waals surface area (Å²) in [4.78, 5) is 4.06. The molecular weight excluding hydrogens is 250 g/mol. The fraction of sp³-hybridized carbons (Fsp3) is 0.312. The van der Waals surface area contributed by atoms with Crippen molar-refractivity contribution in [3.63, 3.8) is 0 Å². The maximum absolute atomic E-state index is 5.73. The summed E-state index contributed by atoms with van der Waals surface area (Å²) in [5, 5.41) is 1.22. The summed E-state index contributed by atoms with van der Waals surface area (Å²) in [5.41, 5.74) is 1.24. The second-order valence-electron chi connectivity index (χ2n) is 5.20. The van der Waals surface area contributed by atoms with Crippen LogP contribution in [0.2, 0.25) is 0 Å². The Morgan fingerprint density at radius 3 is 2.80 bits per heavy atom. The van der Waals surface area contributed by atoms with Crippen molar-refractivity contribution in [2.24, 2.45) is 0 Å². The molecule has 1 aromatic carbocycles. The second-order valence-corrected chi connectivity index (χ2v) is 5.20. The van der Waals surface area contributed by atoms with Gasteiger partial charge in [-0.25, -0.2) is 4.98 Å². The highest BCUT2D eigenvalue weighted by Gasteiger charge is 2.04. The highest BCUT2D eigenvalue weighted by atomic mass is 16.5. The molecule has 0 fully saturated rings. The molecule has 3 aromatic rings. The van der Waals surface area contributed by atoms with Gasteiger partial charge in [-0.15, -0.1) is 0 Å². The number of rotatable bonds is 5. The summed E-state index contributed by atoms with van der Waals surface area (Å²) in [7, 11) is 0. The van der Waals surface area contributed by atoms with Crippen LogP contribution in [-0.4, -0.2) is 20.2 Å². The van der Waals surface area contributed by atoms with Crippen molar-refractivity contribution >= 4 is 10.9 Å². The number of aryl methyl sites for hydroxylation is 2. The van der Waals surface area contributed by atoms with Crippen LogP contribution in [0.4, 0.5) is 0 Å². The average Bonchev–Trinajstić information content (AvgIpc) is 3.04. The van der Waals surface area contributed by atoms with Crippen molar-refractivity contribution in [2.45, 2.75) is 33.0 Å². The van der Waals surface area contributed by atoms with Gasteiger partial charge in [0, 0.05) is 42.6 Å². The first-order valence-corrected chi connectivity index (χ1v) is 6.93. The van der Waals surface area contributed by atoms with Gasteiger partial charge in [-0.05, 0) is 38.1 Å². The summed E-state index contributed by atoms with van der Waals surface area (Å²) in [6, 6.07) is 8.40. The third-order valence-corrected chi connectivity index (χ3v) is 3.27. The monoisotopic (exact) mass is 269 g/mol. The van der Waals surface area contributed by atoms with Crippen molar-refractivity contribution in [1.82, 2.24) is 14.1 Å². The summed E-state index contributed by atoms with van der Waals surface area (Å²) >= 11 is 0. The van der Waals surface area contributed by atoms with E-state index in [1.165, 1.54) is 10.9 Å². The topological polar surface area (TPSA) is 32.0 Å².